The standard InChI is InChI=1S/C3H7NO3S2/c1-3(5)4-8-9(2,6)7/h1-2H3,(H,4,5). The molecule has 0 rings (SSSR count). The minimum absolute atomic E-state index is 0.370. The van der Waals surface area contributed by atoms with E-state index in [0.29, 0.717) is 11.0 Å². The number of nitrogens with one attached hydrogen (secondary N) is 1. The number of rotatable bonds is 2. The van der Waals surface area contributed by atoms with Crippen molar-refractivity contribution in [3.63, 3.8) is 0 Å². The molecule has 0 saturated carbocycles. The van der Waals surface area contributed by atoms with Crippen LogP contribution in [0.4, 0.5) is 0 Å². The predicted molar refractivity (Wildman–Crippen MR) is 36.3 cm³/mol. The Morgan fingerprint density at radius 3 is 2.11 bits per heavy atom. The zero-order chi connectivity index (χ0) is 7.49. The average Bonchev–Trinajstić information content (AvgIpc) is 1.59. The first-order valence-corrected chi connectivity index (χ1v) is 5.29. The molecular weight excluding hydrogens is 162 g/mol. The first kappa shape index (κ1) is 8.77. The Hall–Kier alpha value is -0.230. The van der Waals surface area contributed by atoms with E-state index in [-0.39, 0.29) is 5.91 Å². The second-order valence-corrected chi connectivity index (χ2v) is 5.54. The molecular formula is C3H7NO3S2. The van der Waals surface area contributed by atoms with Crippen molar-refractivity contribution in [1.82, 2.24) is 4.72 Å². The molecule has 0 aliphatic carbocycles. The summed E-state index contributed by atoms with van der Waals surface area (Å²) in [6, 6.07) is 0. The maximum atomic E-state index is 10.3. The second-order valence-electron chi connectivity index (χ2n) is 1.45. The van der Waals surface area contributed by atoms with Crippen molar-refractivity contribution in [2.75, 3.05) is 6.26 Å². The van der Waals surface area contributed by atoms with Gasteiger partial charge in [-0.25, -0.2) is 8.42 Å². The lowest BCUT2D eigenvalue weighted by molar-refractivity contribution is -0.117. The molecule has 0 aromatic carbocycles. The van der Waals surface area contributed by atoms with Crippen LogP contribution in [-0.4, -0.2) is 20.6 Å². The Bertz CT molecular complexity index is 195. The molecule has 0 bridgehead atoms. The molecule has 0 aliphatic rings. The summed E-state index contributed by atoms with van der Waals surface area (Å²) in [6.45, 7) is 1.25. The van der Waals surface area contributed by atoms with Gasteiger partial charge in [-0.05, 0) is 0 Å². The molecule has 1 amide bonds. The van der Waals surface area contributed by atoms with Gasteiger partial charge < -0.3 is 0 Å². The molecule has 4 nitrogen and oxygen atoms in total. The molecule has 0 heterocycles. The van der Waals surface area contributed by atoms with Crippen molar-refractivity contribution < 1.29 is 13.2 Å². The molecule has 6 heteroatoms. The van der Waals surface area contributed by atoms with Crippen LogP contribution in [0, 0.1) is 0 Å². The predicted octanol–water partition coefficient (Wildman–Crippen LogP) is -0.270. The number of hydrogen-bond acceptors (Lipinski definition) is 4. The fraction of sp³-hybridized carbons (Fsp3) is 0.667. The van der Waals surface area contributed by atoms with Gasteiger partial charge in [-0.3, -0.25) is 9.52 Å². The molecule has 0 aromatic rings. The van der Waals surface area contributed by atoms with Crippen LogP contribution in [0.1, 0.15) is 6.92 Å². The van der Waals surface area contributed by atoms with Crippen LogP contribution in [0.2, 0.25) is 0 Å². The van der Waals surface area contributed by atoms with Crippen LogP contribution >= 0.6 is 11.0 Å². The Labute approximate surface area is 57.5 Å². The van der Waals surface area contributed by atoms with Gasteiger partial charge in [0.05, 0.1) is 17.2 Å². The first-order valence-electron chi connectivity index (χ1n) is 2.07. The lowest BCUT2D eigenvalue weighted by atomic mass is 10.8. The van der Waals surface area contributed by atoms with Crippen LogP contribution < -0.4 is 4.72 Å². The largest absolute Gasteiger partial charge is 0.287 e. The van der Waals surface area contributed by atoms with Crippen LogP contribution in [-0.2, 0) is 13.7 Å². The van der Waals surface area contributed by atoms with Crippen molar-refractivity contribution in [3.05, 3.63) is 0 Å². The number of carbonyl (C=O) groups excluding carboxylic acids is 1. The molecule has 9 heavy (non-hydrogen) atoms. The SMILES string of the molecule is CC(=O)NSS(C)(=O)=O. The zero-order valence-electron chi connectivity index (χ0n) is 5.04. The van der Waals surface area contributed by atoms with Crippen molar-refractivity contribution in [2.24, 2.45) is 0 Å². The van der Waals surface area contributed by atoms with Gasteiger partial charge in [0.1, 0.15) is 0 Å². The summed E-state index contributed by atoms with van der Waals surface area (Å²) in [5, 5.41) is 0. The summed E-state index contributed by atoms with van der Waals surface area (Å²) < 4.78 is 22.6. The third kappa shape index (κ3) is 7.77. The molecule has 0 aliphatic heterocycles. The summed E-state index contributed by atoms with van der Waals surface area (Å²) in [7, 11) is -2.72. The highest BCUT2D eigenvalue weighted by molar-refractivity contribution is 8.71. The minimum atomic E-state index is -3.13. The summed E-state index contributed by atoms with van der Waals surface area (Å²) in [5.41, 5.74) is 0. The monoisotopic (exact) mass is 169 g/mol. The lowest BCUT2D eigenvalue weighted by Crippen LogP contribution is -2.13. The van der Waals surface area contributed by atoms with Gasteiger partial charge in [0.15, 0.2) is 0 Å². The molecule has 0 saturated heterocycles. The molecule has 0 spiro atoms. The average molecular weight is 169 g/mol. The number of carbonyl (C=O) groups is 1. The maximum Gasteiger partial charge on any atom is 0.227 e. The highest BCUT2D eigenvalue weighted by Crippen LogP contribution is 2.02. The Kier molecular flexibility index (Phi) is 2.99. The second kappa shape index (κ2) is 3.07. The lowest BCUT2D eigenvalue weighted by Gasteiger charge is -1.94. The summed E-state index contributed by atoms with van der Waals surface area (Å²) in [4.78, 5) is 10.1. The van der Waals surface area contributed by atoms with Crippen molar-refractivity contribution in [2.45, 2.75) is 6.92 Å². The van der Waals surface area contributed by atoms with Crippen LogP contribution in [0.25, 0.3) is 0 Å². The van der Waals surface area contributed by atoms with E-state index in [1.165, 1.54) is 6.92 Å². The fourth-order valence-corrected chi connectivity index (χ4v) is 1.21. The van der Waals surface area contributed by atoms with E-state index in [9.17, 15) is 13.2 Å². The fourth-order valence-electron chi connectivity index (χ4n) is 0.134. The van der Waals surface area contributed by atoms with Crippen LogP contribution in [0.3, 0.4) is 0 Å². The zero-order valence-corrected chi connectivity index (χ0v) is 6.67. The highest BCUT2D eigenvalue weighted by Gasteiger charge is 2.02. The van der Waals surface area contributed by atoms with E-state index >= 15 is 0 Å². The van der Waals surface area contributed by atoms with E-state index in [1.54, 1.807) is 0 Å². The number of hydrogen-bond donors (Lipinski definition) is 1. The van der Waals surface area contributed by atoms with Crippen LogP contribution in [0.15, 0.2) is 0 Å². The number of amides is 1. The summed E-state index contributed by atoms with van der Waals surface area (Å²) >= 11 is 0. The molecule has 0 radical (unpaired) electrons. The van der Waals surface area contributed by atoms with Gasteiger partial charge >= 0.3 is 0 Å². The van der Waals surface area contributed by atoms with Crippen molar-refractivity contribution >= 4 is 25.8 Å². The molecule has 0 fully saturated rings. The van der Waals surface area contributed by atoms with E-state index in [2.05, 4.69) is 4.72 Å². The van der Waals surface area contributed by atoms with Gasteiger partial charge in [-0.1, -0.05) is 0 Å². The first-order chi connectivity index (χ1) is 3.92. The third-order valence-corrected chi connectivity index (χ3v) is 2.17. The topological polar surface area (TPSA) is 63.2 Å². The Balaban J connectivity index is 3.67. The Morgan fingerprint density at radius 2 is 2.00 bits per heavy atom. The molecule has 0 aromatic heterocycles. The van der Waals surface area contributed by atoms with Crippen molar-refractivity contribution in [3.8, 4) is 0 Å². The van der Waals surface area contributed by atoms with E-state index in [0.717, 1.165) is 6.26 Å². The maximum absolute atomic E-state index is 10.3. The van der Waals surface area contributed by atoms with Gasteiger partial charge in [0.25, 0.3) is 0 Å². The quantitative estimate of drug-likeness (QED) is 0.456. The molecule has 1 N–H and O–H groups in total. The third-order valence-electron chi connectivity index (χ3n) is 0.337. The van der Waals surface area contributed by atoms with Gasteiger partial charge in [0.2, 0.25) is 14.8 Å². The van der Waals surface area contributed by atoms with Crippen LogP contribution in [0.5, 0.6) is 0 Å². The highest BCUT2D eigenvalue weighted by atomic mass is 33.1. The summed E-state index contributed by atoms with van der Waals surface area (Å²) in [6.07, 6.45) is 1.02. The Morgan fingerprint density at radius 1 is 1.56 bits per heavy atom. The smallest absolute Gasteiger partial charge is 0.227 e. The van der Waals surface area contributed by atoms with Gasteiger partial charge in [-0.15, -0.1) is 0 Å². The van der Waals surface area contributed by atoms with E-state index in [4.69, 9.17) is 0 Å². The normalized spacial score (nSPS) is 10.9. The van der Waals surface area contributed by atoms with E-state index < -0.39 is 8.87 Å². The molecule has 0 unspecified atom stereocenters. The molecule has 0 atom stereocenters. The summed E-state index contributed by atoms with van der Waals surface area (Å²) in [5.74, 6) is -0.370. The van der Waals surface area contributed by atoms with Gasteiger partial charge in [0, 0.05) is 6.92 Å². The van der Waals surface area contributed by atoms with Gasteiger partial charge in [-0.2, -0.15) is 0 Å². The van der Waals surface area contributed by atoms with Crippen molar-refractivity contribution in [1.29, 1.82) is 0 Å². The van der Waals surface area contributed by atoms with E-state index in [1.807, 2.05) is 0 Å². The minimum Gasteiger partial charge on any atom is -0.287 e. The molecule has 54 valence electrons.